The molecule has 2 aliphatic rings. The number of anilines is 1. The second-order valence-corrected chi connectivity index (χ2v) is 10.3. The van der Waals surface area contributed by atoms with Crippen LogP contribution in [0.3, 0.4) is 0 Å². The van der Waals surface area contributed by atoms with E-state index < -0.39 is 11.9 Å². The number of alkyl halides is 3. The largest absolute Gasteiger partial charge is 0.455 e. The molecule has 0 unspecified atom stereocenters. The van der Waals surface area contributed by atoms with Crippen molar-refractivity contribution in [2.75, 3.05) is 37.6 Å². The molecular weight excluding hydrogens is 503 g/mol. The minimum Gasteiger partial charge on any atom is -0.455 e. The average molecular weight is 532 g/mol. The van der Waals surface area contributed by atoms with E-state index in [1.165, 1.54) is 5.56 Å². The highest BCUT2D eigenvalue weighted by Crippen LogP contribution is 2.33. The lowest BCUT2D eigenvalue weighted by Crippen LogP contribution is -2.46. The van der Waals surface area contributed by atoms with E-state index in [4.69, 9.17) is 4.42 Å². The van der Waals surface area contributed by atoms with Crippen molar-refractivity contribution in [3.8, 4) is 0 Å². The zero-order chi connectivity index (χ0) is 25.8. The molecule has 196 valence electrons. The van der Waals surface area contributed by atoms with Crippen LogP contribution < -0.4 is 10.2 Å². The molecule has 37 heavy (non-hydrogen) atoms. The molecule has 1 aliphatic carbocycles. The Morgan fingerprint density at radius 1 is 1.05 bits per heavy atom. The molecule has 1 N–H and O–H groups in total. The molecule has 0 atom stereocenters. The van der Waals surface area contributed by atoms with E-state index in [1.807, 2.05) is 23.1 Å². The van der Waals surface area contributed by atoms with Crippen LogP contribution >= 0.6 is 11.8 Å². The lowest BCUT2D eigenvalue weighted by Gasteiger charge is -2.35. The number of benzene rings is 1. The highest BCUT2D eigenvalue weighted by Gasteiger charge is 2.34. The van der Waals surface area contributed by atoms with Crippen LogP contribution in [0.15, 0.2) is 58.1 Å². The quantitative estimate of drug-likeness (QED) is 0.313. The van der Waals surface area contributed by atoms with Crippen LogP contribution in [-0.4, -0.2) is 53.5 Å². The Hall–Kier alpha value is -3.05. The van der Waals surface area contributed by atoms with Gasteiger partial charge in [0, 0.05) is 45.3 Å². The lowest BCUT2D eigenvalue weighted by atomic mass is 10.2. The van der Waals surface area contributed by atoms with Gasteiger partial charge < -0.3 is 14.6 Å². The summed E-state index contributed by atoms with van der Waals surface area (Å²) in [5, 5.41) is 2.86. The van der Waals surface area contributed by atoms with Gasteiger partial charge in [-0.25, -0.2) is 9.97 Å². The van der Waals surface area contributed by atoms with E-state index in [0.717, 1.165) is 50.3 Å². The van der Waals surface area contributed by atoms with Crippen LogP contribution in [0.2, 0.25) is 0 Å². The Balaban J connectivity index is 1.22. The van der Waals surface area contributed by atoms with Gasteiger partial charge in [-0.15, -0.1) is 0 Å². The monoisotopic (exact) mass is 531 g/mol. The number of carbonyl (C=O) groups is 1. The summed E-state index contributed by atoms with van der Waals surface area (Å²) in [5.74, 6) is 1.40. The molecule has 2 aromatic heterocycles. The third kappa shape index (κ3) is 7.04. The van der Waals surface area contributed by atoms with Gasteiger partial charge in [0.1, 0.15) is 11.6 Å². The van der Waals surface area contributed by atoms with Crippen molar-refractivity contribution in [3.63, 3.8) is 0 Å². The molecular formula is C26H28F3N5O2S. The van der Waals surface area contributed by atoms with Gasteiger partial charge in [-0.05, 0) is 36.5 Å². The first-order valence-electron chi connectivity index (χ1n) is 12.3. The fraction of sp³-hybridized carbons (Fsp3) is 0.423. The molecule has 7 nitrogen and oxygen atoms in total. The number of piperazine rings is 1. The standard InChI is InChI=1S/C26H28F3N5O2S/c27-26(28,29)22-14-23(34-12-10-33(11-13-34)16-19-4-2-1-3-5-19)32-25(31-22)37-17-20-8-9-21(36-20)24(35)30-15-18-6-7-18/h1-5,8-9,14,18H,6-7,10-13,15-17H2,(H,30,35). The number of rotatable bonds is 9. The van der Waals surface area contributed by atoms with Gasteiger partial charge in [-0.3, -0.25) is 9.69 Å². The summed E-state index contributed by atoms with van der Waals surface area (Å²) in [6.07, 6.45) is -2.33. The number of hydrogen-bond donors (Lipinski definition) is 1. The van der Waals surface area contributed by atoms with Crippen LogP contribution in [0.1, 0.15) is 40.4 Å². The molecule has 1 amide bonds. The second kappa shape index (κ2) is 11.1. The van der Waals surface area contributed by atoms with Gasteiger partial charge in [-0.2, -0.15) is 13.2 Å². The Morgan fingerprint density at radius 2 is 1.81 bits per heavy atom. The summed E-state index contributed by atoms with van der Waals surface area (Å²) in [4.78, 5) is 24.5. The first-order valence-corrected chi connectivity index (χ1v) is 13.3. The number of amides is 1. The molecule has 1 saturated carbocycles. The molecule has 1 aliphatic heterocycles. The van der Waals surface area contributed by atoms with Crippen molar-refractivity contribution < 1.29 is 22.4 Å². The predicted molar refractivity (Wildman–Crippen MR) is 134 cm³/mol. The van der Waals surface area contributed by atoms with Gasteiger partial charge in [-0.1, -0.05) is 42.1 Å². The van der Waals surface area contributed by atoms with E-state index in [9.17, 15) is 18.0 Å². The van der Waals surface area contributed by atoms with Gasteiger partial charge in [0.05, 0.1) is 5.75 Å². The normalized spacial score (nSPS) is 16.7. The minimum absolute atomic E-state index is 0.0210. The van der Waals surface area contributed by atoms with Crippen LogP contribution in [0, 0.1) is 5.92 Å². The van der Waals surface area contributed by atoms with E-state index in [-0.39, 0.29) is 28.4 Å². The maximum atomic E-state index is 13.6. The topological polar surface area (TPSA) is 74.5 Å². The predicted octanol–water partition coefficient (Wildman–Crippen LogP) is 4.84. The molecule has 1 saturated heterocycles. The van der Waals surface area contributed by atoms with Crippen molar-refractivity contribution in [2.45, 2.75) is 36.5 Å². The van der Waals surface area contributed by atoms with E-state index in [2.05, 4.69) is 32.3 Å². The molecule has 11 heteroatoms. The molecule has 0 radical (unpaired) electrons. The van der Waals surface area contributed by atoms with E-state index in [1.54, 1.807) is 12.1 Å². The third-order valence-corrected chi connectivity index (χ3v) is 7.27. The highest BCUT2D eigenvalue weighted by molar-refractivity contribution is 7.98. The van der Waals surface area contributed by atoms with Crippen LogP contribution in [0.5, 0.6) is 0 Å². The van der Waals surface area contributed by atoms with E-state index >= 15 is 0 Å². The van der Waals surface area contributed by atoms with Gasteiger partial charge >= 0.3 is 6.18 Å². The molecule has 5 rings (SSSR count). The number of hydrogen-bond acceptors (Lipinski definition) is 7. The minimum atomic E-state index is -4.58. The summed E-state index contributed by atoms with van der Waals surface area (Å²) in [5.41, 5.74) is 0.240. The van der Waals surface area contributed by atoms with E-state index in [0.29, 0.717) is 31.3 Å². The van der Waals surface area contributed by atoms with Gasteiger partial charge in [0.25, 0.3) is 5.91 Å². The van der Waals surface area contributed by atoms with Crippen molar-refractivity contribution in [1.82, 2.24) is 20.2 Å². The summed E-state index contributed by atoms with van der Waals surface area (Å²) in [7, 11) is 0. The van der Waals surface area contributed by atoms with Crippen molar-refractivity contribution in [2.24, 2.45) is 5.92 Å². The third-order valence-electron chi connectivity index (χ3n) is 6.41. The Morgan fingerprint density at radius 3 is 2.51 bits per heavy atom. The zero-order valence-electron chi connectivity index (χ0n) is 20.2. The first kappa shape index (κ1) is 25.6. The van der Waals surface area contributed by atoms with Crippen molar-refractivity contribution in [3.05, 3.63) is 71.3 Å². The van der Waals surface area contributed by atoms with Crippen LogP contribution in [0.25, 0.3) is 0 Å². The summed E-state index contributed by atoms with van der Waals surface area (Å²) < 4.78 is 46.5. The number of nitrogens with one attached hydrogen (secondary N) is 1. The van der Waals surface area contributed by atoms with Crippen LogP contribution in [-0.2, 0) is 18.5 Å². The maximum absolute atomic E-state index is 13.6. The maximum Gasteiger partial charge on any atom is 0.433 e. The number of furan rings is 1. The molecule has 0 spiro atoms. The number of aromatic nitrogens is 2. The first-order chi connectivity index (χ1) is 17.8. The second-order valence-electron chi connectivity index (χ2n) is 9.35. The smallest absolute Gasteiger partial charge is 0.433 e. The van der Waals surface area contributed by atoms with Crippen molar-refractivity contribution in [1.29, 1.82) is 0 Å². The average Bonchev–Trinajstić information content (AvgIpc) is 3.61. The summed E-state index contributed by atoms with van der Waals surface area (Å²) in [6.45, 7) is 4.02. The van der Waals surface area contributed by atoms with Crippen LogP contribution in [0.4, 0.5) is 19.0 Å². The number of thioether (sulfide) groups is 1. The summed E-state index contributed by atoms with van der Waals surface area (Å²) in [6, 6.07) is 14.4. The Kier molecular flexibility index (Phi) is 7.71. The van der Waals surface area contributed by atoms with Gasteiger partial charge in [0.2, 0.25) is 0 Å². The molecule has 0 bridgehead atoms. The van der Waals surface area contributed by atoms with Crippen molar-refractivity contribution >= 4 is 23.5 Å². The molecule has 3 heterocycles. The SMILES string of the molecule is O=C(NCC1CC1)c1ccc(CSc2nc(N3CCN(Cc4ccccc4)CC3)cc(C(F)(F)F)n2)o1. The molecule has 2 fully saturated rings. The Labute approximate surface area is 217 Å². The fourth-order valence-electron chi connectivity index (χ4n) is 4.12. The highest BCUT2D eigenvalue weighted by atomic mass is 32.2. The molecule has 1 aromatic carbocycles. The fourth-order valence-corrected chi connectivity index (χ4v) is 4.87. The number of nitrogens with zero attached hydrogens (tertiary/aromatic N) is 4. The van der Waals surface area contributed by atoms with Gasteiger partial charge in [0.15, 0.2) is 16.6 Å². The Bertz CT molecular complexity index is 1210. The molecule has 3 aromatic rings. The summed E-state index contributed by atoms with van der Waals surface area (Å²) >= 11 is 1.05. The lowest BCUT2D eigenvalue weighted by molar-refractivity contribution is -0.141. The number of carbonyl (C=O) groups excluding carboxylic acids is 1. The number of halogens is 3. The zero-order valence-corrected chi connectivity index (χ0v) is 21.0.